The SMILES string of the molecule is C=CN(c1ccc(-c2nnc(-c3cc(F)c(OCC4COC(C)(C)C4)cc3Cl)s2)cn1)C(C)C. The predicted molar refractivity (Wildman–Crippen MR) is 135 cm³/mol. The number of benzene rings is 1. The molecule has 34 heavy (non-hydrogen) atoms. The van der Waals surface area contributed by atoms with Gasteiger partial charge in [-0.3, -0.25) is 0 Å². The summed E-state index contributed by atoms with van der Waals surface area (Å²) in [5.74, 6) is 0.656. The fourth-order valence-electron chi connectivity index (χ4n) is 3.96. The Morgan fingerprint density at radius 3 is 2.71 bits per heavy atom. The van der Waals surface area contributed by atoms with E-state index in [0.29, 0.717) is 33.8 Å². The molecule has 1 aliphatic heterocycles. The summed E-state index contributed by atoms with van der Waals surface area (Å²) >= 11 is 7.80. The number of nitrogens with zero attached hydrogens (tertiary/aromatic N) is 4. The zero-order valence-electron chi connectivity index (χ0n) is 19.7. The van der Waals surface area contributed by atoms with E-state index < -0.39 is 5.82 Å². The molecule has 3 heterocycles. The van der Waals surface area contributed by atoms with Crippen LogP contribution in [-0.4, -0.2) is 40.0 Å². The number of anilines is 1. The molecular weight excluding hydrogens is 475 g/mol. The summed E-state index contributed by atoms with van der Waals surface area (Å²) in [5, 5.41) is 10.0. The monoisotopic (exact) mass is 502 g/mol. The highest BCUT2D eigenvalue weighted by Gasteiger charge is 2.32. The van der Waals surface area contributed by atoms with Gasteiger partial charge in [0.25, 0.3) is 0 Å². The van der Waals surface area contributed by atoms with Crippen molar-refractivity contribution in [3.05, 3.63) is 54.1 Å². The second-order valence-corrected chi connectivity index (χ2v) is 10.6. The largest absolute Gasteiger partial charge is 0.490 e. The van der Waals surface area contributed by atoms with Gasteiger partial charge in [0, 0.05) is 35.3 Å². The summed E-state index contributed by atoms with van der Waals surface area (Å²) in [6, 6.07) is 6.93. The maximum atomic E-state index is 14.8. The first-order valence-electron chi connectivity index (χ1n) is 11.1. The van der Waals surface area contributed by atoms with Crippen LogP contribution in [0.25, 0.3) is 21.1 Å². The van der Waals surface area contributed by atoms with E-state index in [9.17, 15) is 4.39 Å². The number of pyridine rings is 1. The van der Waals surface area contributed by atoms with Gasteiger partial charge in [-0.15, -0.1) is 10.2 Å². The fourth-order valence-corrected chi connectivity index (χ4v) is 5.12. The van der Waals surface area contributed by atoms with Crippen molar-refractivity contribution < 1.29 is 13.9 Å². The zero-order valence-corrected chi connectivity index (χ0v) is 21.3. The maximum Gasteiger partial charge on any atom is 0.165 e. The molecule has 2 aromatic heterocycles. The summed E-state index contributed by atoms with van der Waals surface area (Å²) in [5.41, 5.74) is 1.13. The first-order valence-corrected chi connectivity index (χ1v) is 12.3. The minimum atomic E-state index is -0.487. The van der Waals surface area contributed by atoms with E-state index in [1.165, 1.54) is 23.5 Å². The summed E-state index contributed by atoms with van der Waals surface area (Å²) < 4.78 is 26.3. The molecule has 1 atom stereocenters. The van der Waals surface area contributed by atoms with Crippen LogP contribution in [0.4, 0.5) is 10.2 Å². The van der Waals surface area contributed by atoms with Crippen LogP contribution in [0.3, 0.4) is 0 Å². The molecule has 6 nitrogen and oxygen atoms in total. The van der Waals surface area contributed by atoms with Crippen LogP contribution < -0.4 is 9.64 Å². The third kappa shape index (κ3) is 5.40. The Bertz CT molecular complexity index is 1170. The van der Waals surface area contributed by atoms with Crippen molar-refractivity contribution in [1.29, 1.82) is 0 Å². The molecule has 0 N–H and O–H groups in total. The molecule has 180 valence electrons. The van der Waals surface area contributed by atoms with E-state index in [1.54, 1.807) is 12.4 Å². The van der Waals surface area contributed by atoms with Crippen molar-refractivity contribution >= 4 is 28.8 Å². The number of rotatable bonds is 8. The summed E-state index contributed by atoms with van der Waals surface area (Å²) in [7, 11) is 0. The van der Waals surface area contributed by atoms with Gasteiger partial charge in [0.1, 0.15) is 15.8 Å². The molecule has 0 amide bonds. The topological polar surface area (TPSA) is 60.4 Å². The first kappa shape index (κ1) is 24.6. The summed E-state index contributed by atoms with van der Waals surface area (Å²) in [4.78, 5) is 6.49. The van der Waals surface area contributed by atoms with Crippen molar-refractivity contribution in [3.63, 3.8) is 0 Å². The molecule has 9 heteroatoms. The van der Waals surface area contributed by atoms with Gasteiger partial charge in [-0.1, -0.05) is 29.5 Å². The van der Waals surface area contributed by atoms with Gasteiger partial charge in [0.2, 0.25) is 0 Å². The van der Waals surface area contributed by atoms with Crippen LogP contribution in [0.1, 0.15) is 34.1 Å². The van der Waals surface area contributed by atoms with E-state index >= 15 is 0 Å². The third-order valence-electron chi connectivity index (χ3n) is 5.65. The van der Waals surface area contributed by atoms with E-state index in [-0.39, 0.29) is 23.3 Å². The molecule has 0 saturated carbocycles. The molecule has 1 unspecified atom stereocenters. The van der Waals surface area contributed by atoms with Crippen molar-refractivity contribution in [2.24, 2.45) is 5.92 Å². The van der Waals surface area contributed by atoms with Gasteiger partial charge in [-0.2, -0.15) is 0 Å². The Labute approximate surface area is 208 Å². The van der Waals surface area contributed by atoms with Gasteiger partial charge in [-0.05, 0) is 58.5 Å². The highest BCUT2D eigenvalue weighted by molar-refractivity contribution is 7.18. The van der Waals surface area contributed by atoms with E-state index in [1.807, 2.05) is 30.9 Å². The molecule has 0 spiro atoms. The van der Waals surface area contributed by atoms with E-state index in [0.717, 1.165) is 17.8 Å². The smallest absolute Gasteiger partial charge is 0.165 e. The molecule has 1 aromatic carbocycles. The lowest BCUT2D eigenvalue weighted by molar-refractivity contribution is 0.0340. The normalized spacial score (nSPS) is 17.2. The fraction of sp³-hybridized carbons (Fsp3) is 0.400. The molecule has 4 rings (SSSR count). The standard InChI is InChI=1S/C25H28ClFN4O2S/c1-6-31(15(2)3)22-8-7-17(12-28-22)23-29-30-24(34-23)18-9-20(27)21(10-19(18)26)32-13-16-11-25(4,5)33-14-16/h6-10,12,15-16H,1,11,13-14H2,2-5H3. The average molecular weight is 503 g/mol. The second-order valence-electron chi connectivity index (χ2n) is 9.22. The lowest BCUT2D eigenvalue weighted by Gasteiger charge is -2.23. The van der Waals surface area contributed by atoms with Crippen LogP contribution in [-0.2, 0) is 4.74 Å². The molecule has 1 fully saturated rings. The Hall–Kier alpha value is -2.55. The Kier molecular flexibility index (Phi) is 7.21. The van der Waals surface area contributed by atoms with Crippen LogP contribution in [0.15, 0.2) is 43.2 Å². The Morgan fingerprint density at radius 2 is 2.09 bits per heavy atom. The molecule has 0 radical (unpaired) electrons. The van der Waals surface area contributed by atoms with Gasteiger partial charge in [0.05, 0.1) is 23.8 Å². The summed E-state index contributed by atoms with van der Waals surface area (Å²) in [6.07, 6.45) is 4.36. The van der Waals surface area contributed by atoms with Gasteiger partial charge < -0.3 is 14.4 Å². The highest BCUT2D eigenvalue weighted by Crippen LogP contribution is 2.38. The third-order valence-corrected chi connectivity index (χ3v) is 6.97. The first-order chi connectivity index (χ1) is 16.2. The predicted octanol–water partition coefficient (Wildman–Crippen LogP) is 6.61. The zero-order chi connectivity index (χ0) is 24.5. The van der Waals surface area contributed by atoms with Gasteiger partial charge in [-0.25, -0.2) is 9.37 Å². The minimum absolute atomic E-state index is 0.125. The lowest BCUT2D eigenvalue weighted by Crippen LogP contribution is -2.25. The van der Waals surface area contributed by atoms with E-state index in [4.69, 9.17) is 21.1 Å². The molecule has 0 bridgehead atoms. The quantitative estimate of drug-likeness (QED) is 0.345. The van der Waals surface area contributed by atoms with Crippen LogP contribution in [0.5, 0.6) is 5.75 Å². The maximum absolute atomic E-state index is 14.8. The van der Waals surface area contributed by atoms with Crippen molar-refractivity contribution in [2.75, 3.05) is 18.1 Å². The van der Waals surface area contributed by atoms with Crippen molar-refractivity contribution in [3.8, 4) is 26.9 Å². The summed E-state index contributed by atoms with van der Waals surface area (Å²) in [6.45, 7) is 13.0. The molecular formula is C25H28ClFN4O2S. The van der Waals surface area contributed by atoms with Crippen LogP contribution >= 0.6 is 22.9 Å². The number of ether oxygens (including phenoxy) is 2. The molecule has 3 aromatic rings. The van der Waals surface area contributed by atoms with Gasteiger partial charge >= 0.3 is 0 Å². The molecule has 1 saturated heterocycles. The minimum Gasteiger partial charge on any atom is -0.490 e. The molecule has 0 aliphatic carbocycles. The average Bonchev–Trinajstić information content (AvgIpc) is 3.41. The van der Waals surface area contributed by atoms with Gasteiger partial charge in [0.15, 0.2) is 11.6 Å². The van der Waals surface area contributed by atoms with Crippen LogP contribution in [0.2, 0.25) is 5.02 Å². The number of aromatic nitrogens is 3. The molecule has 1 aliphatic rings. The lowest BCUT2D eigenvalue weighted by atomic mass is 9.99. The van der Waals surface area contributed by atoms with Crippen LogP contribution in [0, 0.1) is 11.7 Å². The highest BCUT2D eigenvalue weighted by atomic mass is 35.5. The van der Waals surface area contributed by atoms with Crippen molar-refractivity contribution in [2.45, 2.75) is 45.8 Å². The number of hydrogen-bond acceptors (Lipinski definition) is 7. The number of hydrogen-bond donors (Lipinski definition) is 0. The number of halogens is 2. The Morgan fingerprint density at radius 1 is 1.32 bits per heavy atom. The second kappa shape index (κ2) is 9.98. The Balaban J connectivity index is 1.49. The van der Waals surface area contributed by atoms with Crippen molar-refractivity contribution in [1.82, 2.24) is 15.2 Å². The van der Waals surface area contributed by atoms with E-state index in [2.05, 4.69) is 35.6 Å².